The van der Waals surface area contributed by atoms with Crippen molar-refractivity contribution in [2.24, 2.45) is 5.92 Å². The molecule has 1 saturated heterocycles. The third kappa shape index (κ3) is 4.54. The third-order valence-corrected chi connectivity index (χ3v) is 5.77. The fraction of sp³-hybridized carbons (Fsp3) is 0.174. The Bertz CT molecular complexity index is 1110. The van der Waals surface area contributed by atoms with E-state index in [1.165, 1.54) is 6.26 Å². The lowest BCUT2D eigenvalue weighted by Gasteiger charge is -2.18. The van der Waals surface area contributed by atoms with Gasteiger partial charge >= 0.3 is 0 Å². The van der Waals surface area contributed by atoms with Crippen molar-refractivity contribution in [3.05, 3.63) is 82.7 Å². The molecule has 158 valence electrons. The molecule has 2 heterocycles. The van der Waals surface area contributed by atoms with Gasteiger partial charge in [-0.25, -0.2) is 0 Å². The van der Waals surface area contributed by atoms with Crippen LogP contribution in [0, 0.1) is 5.92 Å². The van der Waals surface area contributed by atoms with Gasteiger partial charge in [0, 0.05) is 11.0 Å². The van der Waals surface area contributed by atoms with Crippen LogP contribution in [0.5, 0.6) is 0 Å². The van der Waals surface area contributed by atoms with Gasteiger partial charge in [-0.2, -0.15) is 0 Å². The van der Waals surface area contributed by atoms with Crippen molar-refractivity contribution in [1.29, 1.82) is 0 Å². The number of furan rings is 1. The van der Waals surface area contributed by atoms with Crippen LogP contribution in [0.25, 0.3) is 0 Å². The SMILES string of the molecule is O=C(NCc1ccco1)c1ccccc1NC(=O)C1CCN(c2ccccc2Br)C1=O. The second kappa shape index (κ2) is 9.18. The van der Waals surface area contributed by atoms with E-state index in [0.717, 1.165) is 10.2 Å². The number of para-hydroxylation sites is 2. The predicted molar refractivity (Wildman–Crippen MR) is 120 cm³/mol. The fourth-order valence-corrected chi connectivity index (χ4v) is 4.02. The van der Waals surface area contributed by atoms with Crippen LogP contribution in [-0.2, 0) is 16.1 Å². The molecule has 4 rings (SSSR count). The predicted octanol–water partition coefficient (Wildman–Crippen LogP) is 3.96. The first-order valence-electron chi connectivity index (χ1n) is 9.81. The first-order chi connectivity index (χ1) is 15.0. The Morgan fingerprint density at radius 3 is 2.61 bits per heavy atom. The molecule has 1 aliphatic heterocycles. The third-order valence-electron chi connectivity index (χ3n) is 5.10. The van der Waals surface area contributed by atoms with Gasteiger partial charge in [-0.05, 0) is 58.7 Å². The minimum absolute atomic E-state index is 0.232. The minimum Gasteiger partial charge on any atom is -0.467 e. The van der Waals surface area contributed by atoms with E-state index in [4.69, 9.17) is 4.42 Å². The molecule has 2 aromatic carbocycles. The summed E-state index contributed by atoms with van der Waals surface area (Å²) in [6.45, 7) is 0.681. The first kappa shape index (κ1) is 20.9. The molecule has 1 atom stereocenters. The summed E-state index contributed by atoms with van der Waals surface area (Å²) in [7, 11) is 0. The lowest BCUT2D eigenvalue weighted by atomic mass is 10.1. The summed E-state index contributed by atoms with van der Waals surface area (Å²) in [5.74, 6) is -1.22. The number of hydrogen-bond donors (Lipinski definition) is 2. The molecule has 1 unspecified atom stereocenters. The Hall–Kier alpha value is -3.39. The van der Waals surface area contributed by atoms with Gasteiger partial charge in [-0.15, -0.1) is 0 Å². The summed E-state index contributed by atoms with van der Waals surface area (Å²) >= 11 is 3.45. The van der Waals surface area contributed by atoms with Gasteiger partial charge in [0.25, 0.3) is 5.91 Å². The van der Waals surface area contributed by atoms with Gasteiger partial charge in [-0.3, -0.25) is 14.4 Å². The molecule has 0 bridgehead atoms. The minimum atomic E-state index is -0.814. The molecule has 0 radical (unpaired) electrons. The van der Waals surface area contributed by atoms with Crippen LogP contribution in [0.2, 0.25) is 0 Å². The number of carbonyl (C=O) groups is 3. The summed E-state index contributed by atoms with van der Waals surface area (Å²) in [5.41, 5.74) is 1.41. The monoisotopic (exact) mass is 481 g/mol. The molecule has 8 heteroatoms. The van der Waals surface area contributed by atoms with Gasteiger partial charge in [0.05, 0.1) is 29.7 Å². The van der Waals surface area contributed by atoms with E-state index >= 15 is 0 Å². The molecule has 7 nitrogen and oxygen atoms in total. The van der Waals surface area contributed by atoms with E-state index in [-0.39, 0.29) is 18.4 Å². The summed E-state index contributed by atoms with van der Waals surface area (Å²) in [6, 6.07) is 17.6. The number of carbonyl (C=O) groups excluding carboxylic acids is 3. The molecule has 1 aromatic heterocycles. The van der Waals surface area contributed by atoms with Gasteiger partial charge < -0.3 is 20.0 Å². The van der Waals surface area contributed by atoms with Gasteiger partial charge in [0.2, 0.25) is 11.8 Å². The highest BCUT2D eigenvalue weighted by Gasteiger charge is 2.38. The second-order valence-corrected chi connectivity index (χ2v) is 7.93. The average Bonchev–Trinajstić information content (AvgIpc) is 3.42. The van der Waals surface area contributed by atoms with Crippen molar-refractivity contribution in [3.8, 4) is 0 Å². The Kier molecular flexibility index (Phi) is 6.18. The molecule has 1 fully saturated rings. The van der Waals surface area contributed by atoms with E-state index in [2.05, 4.69) is 26.6 Å². The van der Waals surface area contributed by atoms with E-state index in [1.54, 1.807) is 41.3 Å². The highest BCUT2D eigenvalue weighted by Crippen LogP contribution is 2.32. The normalized spacial score (nSPS) is 15.7. The number of halogens is 1. The Balaban J connectivity index is 1.45. The number of rotatable bonds is 6. The standard InChI is InChI=1S/C23H20BrN3O4/c24-18-8-2-4-10-20(18)27-12-11-17(23(27)30)22(29)26-19-9-3-1-7-16(19)21(28)25-14-15-6-5-13-31-15/h1-10,13,17H,11-12,14H2,(H,25,28)(H,26,29). The fourth-order valence-electron chi connectivity index (χ4n) is 3.52. The molecule has 3 amide bonds. The molecule has 31 heavy (non-hydrogen) atoms. The van der Waals surface area contributed by atoms with Gasteiger partial charge in [-0.1, -0.05) is 24.3 Å². The zero-order valence-electron chi connectivity index (χ0n) is 16.5. The number of anilines is 2. The smallest absolute Gasteiger partial charge is 0.253 e. The largest absolute Gasteiger partial charge is 0.467 e. The Labute approximate surface area is 187 Å². The lowest BCUT2D eigenvalue weighted by molar-refractivity contribution is -0.129. The molecule has 3 aromatic rings. The number of hydrogen-bond acceptors (Lipinski definition) is 4. The average molecular weight is 482 g/mol. The number of benzene rings is 2. The van der Waals surface area contributed by atoms with Crippen molar-refractivity contribution in [2.75, 3.05) is 16.8 Å². The molecule has 0 aliphatic carbocycles. The molecule has 2 N–H and O–H groups in total. The highest BCUT2D eigenvalue weighted by molar-refractivity contribution is 9.10. The van der Waals surface area contributed by atoms with Gasteiger partial charge in [0.1, 0.15) is 11.7 Å². The van der Waals surface area contributed by atoms with Crippen LogP contribution in [0.15, 0.2) is 75.8 Å². The molecule has 1 aliphatic rings. The van der Waals surface area contributed by atoms with Crippen molar-refractivity contribution < 1.29 is 18.8 Å². The summed E-state index contributed by atoms with van der Waals surface area (Å²) in [6.07, 6.45) is 1.93. The van der Waals surface area contributed by atoms with Crippen LogP contribution in [0.3, 0.4) is 0 Å². The van der Waals surface area contributed by atoms with E-state index < -0.39 is 11.8 Å². The maximum atomic E-state index is 12.9. The summed E-state index contributed by atoms with van der Waals surface area (Å²) in [5, 5.41) is 5.52. The van der Waals surface area contributed by atoms with E-state index in [1.807, 2.05) is 24.3 Å². The number of amides is 3. The quantitative estimate of drug-likeness (QED) is 0.521. The lowest BCUT2D eigenvalue weighted by Crippen LogP contribution is -2.33. The highest BCUT2D eigenvalue weighted by atomic mass is 79.9. The van der Waals surface area contributed by atoms with Crippen molar-refractivity contribution >= 4 is 45.0 Å². The van der Waals surface area contributed by atoms with Crippen molar-refractivity contribution in [1.82, 2.24) is 5.32 Å². The Morgan fingerprint density at radius 2 is 1.84 bits per heavy atom. The topological polar surface area (TPSA) is 91.7 Å². The molecular weight excluding hydrogens is 462 g/mol. The van der Waals surface area contributed by atoms with Gasteiger partial charge in [0.15, 0.2) is 0 Å². The summed E-state index contributed by atoms with van der Waals surface area (Å²) in [4.78, 5) is 40.0. The zero-order valence-corrected chi connectivity index (χ0v) is 18.1. The molecular formula is C23H20BrN3O4. The second-order valence-electron chi connectivity index (χ2n) is 7.08. The maximum Gasteiger partial charge on any atom is 0.253 e. The van der Waals surface area contributed by atoms with Crippen LogP contribution in [0.1, 0.15) is 22.5 Å². The Morgan fingerprint density at radius 1 is 1.06 bits per heavy atom. The molecule has 0 saturated carbocycles. The van der Waals surface area contributed by atoms with Crippen LogP contribution in [0.4, 0.5) is 11.4 Å². The number of nitrogens with zero attached hydrogens (tertiary/aromatic N) is 1. The van der Waals surface area contributed by atoms with E-state index in [9.17, 15) is 14.4 Å². The first-order valence-corrected chi connectivity index (χ1v) is 10.6. The van der Waals surface area contributed by atoms with E-state index in [0.29, 0.717) is 30.0 Å². The van der Waals surface area contributed by atoms with Crippen molar-refractivity contribution in [2.45, 2.75) is 13.0 Å². The van der Waals surface area contributed by atoms with Crippen molar-refractivity contribution in [3.63, 3.8) is 0 Å². The summed E-state index contributed by atoms with van der Waals surface area (Å²) < 4.78 is 6.01. The maximum absolute atomic E-state index is 12.9. The van der Waals surface area contributed by atoms with Crippen LogP contribution in [-0.4, -0.2) is 24.3 Å². The molecule has 0 spiro atoms. The number of nitrogens with one attached hydrogen (secondary N) is 2. The van der Waals surface area contributed by atoms with Crippen LogP contribution < -0.4 is 15.5 Å². The van der Waals surface area contributed by atoms with Crippen LogP contribution >= 0.6 is 15.9 Å². The zero-order chi connectivity index (χ0) is 21.8.